The maximum Gasteiger partial charge on any atom is 0.737 e. The summed E-state index contributed by atoms with van der Waals surface area (Å²) in [6.07, 6.45) is 8.59. The quantitative estimate of drug-likeness (QED) is 0.0249. The van der Waals surface area contributed by atoms with Gasteiger partial charge in [0.05, 0.1) is 36.8 Å². The number of aromatic amines is 1. The van der Waals surface area contributed by atoms with Gasteiger partial charge in [0.15, 0.2) is 11.3 Å². The second-order valence-corrected chi connectivity index (χ2v) is 19.7. The maximum absolute atomic E-state index is 15.6. The van der Waals surface area contributed by atoms with E-state index in [2.05, 4.69) is 47.6 Å². The molecule has 1 fully saturated rings. The minimum atomic E-state index is -5.78. The lowest BCUT2D eigenvalue weighted by Crippen LogP contribution is -2.50. The highest BCUT2D eigenvalue weighted by atomic mass is 31.3. The second-order valence-electron chi connectivity index (χ2n) is 15.3. The van der Waals surface area contributed by atoms with Gasteiger partial charge in [-0.25, -0.2) is 18.5 Å². The molecule has 2 amide bonds. The highest BCUT2D eigenvalue weighted by Crippen LogP contribution is 2.66. The van der Waals surface area contributed by atoms with E-state index >= 15 is 8.63 Å². The summed E-state index contributed by atoms with van der Waals surface area (Å²) >= 11 is 0. The lowest BCUT2D eigenvalue weighted by Gasteiger charge is -2.30. The van der Waals surface area contributed by atoms with E-state index in [1.807, 2.05) is 0 Å². The maximum atomic E-state index is 15.6. The third kappa shape index (κ3) is 13.1. The third-order valence-electron chi connectivity index (χ3n) is 10.3. The van der Waals surface area contributed by atoms with Crippen molar-refractivity contribution >= 4 is 71.2 Å². The standard InChI is InChI=1S/C38H48BF2N8O16P3/c1-4-17-60-30-21-33(63-31(30)23-62-67(56,57)65-68(58,59)64-66(53,54)55)47-22-26(34-35(47)45-37(42)46-36(34)51)10-9-16-44-38(52)61-18-8-6-5-7-15-43-32(50)14-13-27-11-12-28-20-29-24(2)19-25(3)48(29)39(40,41)49(27)28/h4,6,8,11-12,19-20,22,30-31,33H,1,5,7,13-18,21,23H2,2-3H3,(H,43,50)(H,44,52)(H,56,57)(H,58,59)(H2,53,54,55)(H3,42,45,46,51)/b8-6-/t30-,31+,33+/m0/s1. The SMILES string of the molecule is C=CCO[C@H]1C[C@H](n2cc(C#CCNC(=O)OC/C=C\CCCNC(=O)CCC3=[N+]4C(=Cc5c(C)cc(C)n5[B-]4(F)F)C=C3)c3c(=O)[nH]c(N)nc32)O[C@@H]1COP(=O)(O)OP(=O)(O)OP(=O)(O)O. The van der Waals surface area contributed by atoms with Crippen molar-refractivity contribution in [3.8, 4) is 11.8 Å². The zero-order valence-corrected chi connectivity index (χ0v) is 39.0. The van der Waals surface area contributed by atoms with Gasteiger partial charge >= 0.3 is 36.5 Å². The molecule has 3 aromatic rings. The number of unbranched alkanes of at least 4 members (excludes halogenated alkanes) is 1. The normalized spacial score (nSPS) is 20.3. The first-order valence-electron chi connectivity index (χ1n) is 20.6. The molecule has 0 saturated carbocycles. The number of fused-ring (bicyclic) bond motifs is 3. The lowest BCUT2D eigenvalue weighted by atomic mass is 9.90. The van der Waals surface area contributed by atoms with E-state index in [4.69, 9.17) is 34.3 Å². The first-order chi connectivity index (χ1) is 32.0. The molecular weight excluding hydrogens is 966 g/mol. The van der Waals surface area contributed by atoms with Crippen molar-refractivity contribution in [2.24, 2.45) is 0 Å². The monoisotopic (exact) mass is 1010 g/mol. The van der Waals surface area contributed by atoms with Crippen LogP contribution in [-0.4, -0.2) is 113 Å². The lowest BCUT2D eigenvalue weighted by molar-refractivity contribution is -0.362. The van der Waals surface area contributed by atoms with Crippen LogP contribution in [-0.2, 0) is 45.8 Å². The number of nitrogens with zero attached hydrogens (tertiary/aromatic N) is 4. The molecule has 3 aromatic heterocycles. The zero-order valence-electron chi connectivity index (χ0n) is 36.4. The summed E-state index contributed by atoms with van der Waals surface area (Å²) in [6.45, 7) is 2.12. The van der Waals surface area contributed by atoms with Gasteiger partial charge in [0.1, 0.15) is 24.7 Å². The first kappa shape index (κ1) is 52.1. The van der Waals surface area contributed by atoms with Crippen LogP contribution < -0.4 is 21.9 Å². The van der Waals surface area contributed by atoms with Crippen LogP contribution in [0.1, 0.15) is 60.8 Å². The number of nitrogen functional groups attached to an aromatic ring is 1. The van der Waals surface area contributed by atoms with E-state index in [0.717, 1.165) is 14.5 Å². The number of carbonyl (C=O) groups excluding carboxylic acids is 2. The second kappa shape index (κ2) is 21.5. The summed E-state index contributed by atoms with van der Waals surface area (Å²) in [6, 6.07) is 1.73. The van der Waals surface area contributed by atoms with Gasteiger partial charge in [-0.3, -0.25) is 19.1 Å². The highest BCUT2D eigenvalue weighted by molar-refractivity contribution is 7.66. The smallest absolute Gasteiger partial charge is 0.445 e. The van der Waals surface area contributed by atoms with Crippen molar-refractivity contribution in [3.05, 3.63) is 87.8 Å². The number of allylic oxidation sites excluding steroid dienone is 3. The van der Waals surface area contributed by atoms with Gasteiger partial charge in [0.2, 0.25) is 11.9 Å². The van der Waals surface area contributed by atoms with Gasteiger partial charge in [0, 0.05) is 55.9 Å². The molecule has 0 bridgehead atoms. The van der Waals surface area contributed by atoms with Crippen molar-refractivity contribution in [1.29, 1.82) is 0 Å². The minimum Gasteiger partial charge on any atom is -0.445 e. The van der Waals surface area contributed by atoms with Crippen molar-refractivity contribution in [1.82, 2.24) is 29.6 Å². The summed E-state index contributed by atoms with van der Waals surface area (Å²) in [7, 11) is -16.9. The van der Waals surface area contributed by atoms with E-state index in [9.17, 15) is 37.9 Å². The Morgan fingerprint density at radius 1 is 1.13 bits per heavy atom. The van der Waals surface area contributed by atoms with Crippen LogP contribution in [0.15, 0.2) is 59.7 Å². The molecule has 0 aromatic carbocycles. The van der Waals surface area contributed by atoms with Crippen LogP contribution in [0, 0.1) is 25.7 Å². The number of aryl methyl sites for hydroxylation is 2. The van der Waals surface area contributed by atoms with Crippen LogP contribution in [0.5, 0.6) is 0 Å². The van der Waals surface area contributed by atoms with E-state index < -0.39 is 67.1 Å². The summed E-state index contributed by atoms with van der Waals surface area (Å²) in [5.74, 6) is 4.96. The Bertz CT molecular complexity index is 2860. The minimum absolute atomic E-state index is 0.00181. The van der Waals surface area contributed by atoms with Crippen LogP contribution in [0.4, 0.5) is 19.4 Å². The summed E-state index contributed by atoms with van der Waals surface area (Å²) in [5, 5.41) is 5.25. The number of anilines is 1. The number of halogens is 2. The number of nitrogens with one attached hydrogen (secondary N) is 3. The number of hydrogen-bond acceptors (Lipinski definition) is 14. The number of carbonyl (C=O) groups is 2. The average molecular weight is 1010 g/mol. The Morgan fingerprint density at radius 3 is 2.63 bits per heavy atom. The third-order valence-corrected chi connectivity index (χ3v) is 14.1. The fraction of sp³-hybridized carbons (Fsp3) is 0.395. The van der Waals surface area contributed by atoms with Gasteiger partial charge in [-0.15, -0.1) is 6.58 Å². The molecular formula is C38H48BF2N8O16P3. The Hall–Kier alpha value is -5.32. The Labute approximate surface area is 386 Å². The molecule has 68 heavy (non-hydrogen) atoms. The molecule has 0 aliphatic carbocycles. The number of aromatic nitrogens is 4. The van der Waals surface area contributed by atoms with Gasteiger partial charge in [0.25, 0.3) is 5.56 Å². The molecule has 1 saturated heterocycles. The number of H-pyrrole nitrogens is 1. The fourth-order valence-corrected chi connectivity index (χ4v) is 10.7. The van der Waals surface area contributed by atoms with Crippen molar-refractivity contribution in [2.45, 2.75) is 64.4 Å². The summed E-state index contributed by atoms with van der Waals surface area (Å²) < 4.78 is 99.0. The van der Waals surface area contributed by atoms with Gasteiger partial charge in [-0.2, -0.15) is 13.6 Å². The van der Waals surface area contributed by atoms with Gasteiger partial charge in [-0.05, 0) is 44.0 Å². The fourth-order valence-electron chi connectivity index (χ4n) is 7.64. The van der Waals surface area contributed by atoms with Gasteiger partial charge < -0.3 is 72.3 Å². The average Bonchev–Trinajstić information content (AvgIpc) is 4.00. The molecule has 6 rings (SSSR count). The molecule has 5 atom stereocenters. The number of amides is 2. The predicted molar refractivity (Wildman–Crippen MR) is 240 cm³/mol. The number of phosphoric ester groups is 1. The van der Waals surface area contributed by atoms with Crippen LogP contribution in [0.2, 0.25) is 0 Å². The van der Waals surface area contributed by atoms with Crippen LogP contribution >= 0.6 is 23.5 Å². The molecule has 30 heteroatoms. The number of hydrogen-bond donors (Lipinski definition) is 8. The van der Waals surface area contributed by atoms with Crippen LogP contribution in [0.3, 0.4) is 0 Å². The van der Waals surface area contributed by atoms with E-state index in [1.165, 1.54) is 16.8 Å². The number of nitrogens with two attached hydrogens (primary N) is 1. The summed E-state index contributed by atoms with van der Waals surface area (Å²) in [4.78, 5) is 81.4. The molecule has 9 N–H and O–H groups in total. The summed E-state index contributed by atoms with van der Waals surface area (Å²) in [5.41, 5.74) is 7.80. The molecule has 0 radical (unpaired) electrons. The van der Waals surface area contributed by atoms with Crippen molar-refractivity contribution < 1.29 is 83.3 Å². The van der Waals surface area contributed by atoms with Gasteiger partial charge in [-0.1, -0.05) is 30.1 Å². The molecule has 3 aliphatic heterocycles. The van der Waals surface area contributed by atoms with E-state index in [-0.39, 0.29) is 67.5 Å². The Morgan fingerprint density at radius 2 is 1.90 bits per heavy atom. The van der Waals surface area contributed by atoms with Crippen LogP contribution in [0.25, 0.3) is 17.1 Å². The number of phosphoric acid groups is 3. The molecule has 24 nitrogen and oxygen atoms in total. The first-order valence-corrected chi connectivity index (χ1v) is 25.1. The molecule has 3 aliphatic rings. The molecule has 6 heterocycles. The largest absolute Gasteiger partial charge is 0.737 e. The Balaban J connectivity index is 0.946. The van der Waals surface area contributed by atoms with E-state index in [0.29, 0.717) is 42.2 Å². The Kier molecular flexibility index (Phi) is 16.5. The number of rotatable bonds is 21. The molecule has 368 valence electrons. The number of ether oxygens (including phenoxy) is 3. The zero-order chi connectivity index (χ0) is 49.6. The predicted octanol–water partition coefficient (Wildman–Crippen LogP) is 3.54. The van der Waals surface area contributed by atoms with E-state index in [1.54, 1.807) is 50.3 Å². The van der Waals surface area contributed by atoms with Crippen molar-refractivity contribution in [2.75, 3.05) is 38.6 Å². The molecule has 2 unspecified atom stereocenters. The topological polar surface area (TPSA) is 330 Å². The molecule has 0 spiro atoms. The van der Waals surface area contributed by atoms with Crippen molar-refractivity contribution in [3.63, 3.8) is 0 Å². The highest BCUT2D eigenvalue weighted by Gasteiger charge is 2.52. The number of alkyl carbamates (subject to hydrolysis) is 1.